The zero-order valence-corrected chi connectivity index (χ0v) is 11.3. The molecule has 0 aliphatic heterocycles. The van der Waals surface area contributed by atoms with Gasteiger partial charge in [0, 0.05) is 24.2 Å². The Morgan fingerprint density at radius 1 is 1.47 bits per heavy atom. The summed E-state index contributed by atoms with van der Waals surface area (Å²) in [7, 11) is -1.14. The van der Waals surface area contributed by atoms with E-state index in [0.717, 1.165) is 4.88 Å². The third kappa shape index (κ3) is 5.29. The van der Waals surface area contributed by atoms with Gasteiger partial charge in [0.15, 0.2) is 0 Å². The van der Waals surface area contributed by atoms with Gasteiger partial charge in [-0.25, -0.2) is 13.2 Å². The Bertz CT molecular complexity index is 492. The number of hydrogen-bond donors (Lipinski definition) is 1. The molecule has 0 saturated carbocycles. The van der Waals surface area contributed by atoms with E-state index >= 15 is 0 Å². The third-order valence-electron chi connectivity index (χ3n) is 2.14. The molecule has 17 heavy (non-hydrogen) atoms. The molecule has 0 bridgehead atoms. The largest absolute Gasteiger partial charge is 0.477 e. The maximum absolute atomic E-state index is 11.0. The first-order valence-corrected chi connectivity index (χ1v) is 7.84. The van der Waals surface area contributed by atoms with Crippen molar-refractivity contribution < 1.29 is 18.3 Å². The van der Waals surface area contributed by atoms with Crippen LogP contribution in [0.25, 0.3) is 0 Å². The quantitative estimate of drug-likeness (QED) is 0.837. The number of carboxylic acid groups (broad SMARTS) is 1. The zero-order valence-electron chi connectivity index (χ0n) is 9.71. The van der Waals surface area contributed by atoms with Gasteiger partial charge in [0.05, 0.1) is 5.75 Å². The summed E-state index contributed by atoms with van der Waals surface area (Å²) in [5.41, 5.74) is 0. The number of rotatable bonds is 6. The molecular weight excluding hydrogens is 262 g/mol. The number of aromatic carboxylic acids is 1. The molecule has 1 rings (SSSR count). The number of carbonyl (C=O) groups is 1. The Morgan fingerprint density at radius 3 is 2.59 bits per heavy atom. The molecule has 0 fully saturated rings. The molecule has 0 spiro atoms. The van der Waals surface area contributed by atoms with E-state index < -0.39 is 15.8 Å². The first-order chi connectivity index (χ1) is 7.78. The van der Waals surface area contributed by atoms with Crippen LogP contribution in [0.5, 0.6) is 0 Å². The fourth-order valence-corrected chi connectivity index (χ4v) is 2.81. The molecular formula is C10H15NO4S2. The predicted molar refractivity (Wildman–Crippen MR) is 67.3 cm³/mol. The standard InChI is InChI=1S/C10H15NO4S2/c1-11(5-6-17(2,14)15)7-8-3-4-9(16-8)10(12)13/h3-4H,5-7H2,1-2H3,(H,12,13). The van der Waals surface area contributed by atoms with Crippen molar-refractivity contribution in [3.63, 3.8) is 0 Å². The van der Waals surface area contributed by atoms with Crippen molar-refractivity contribution in [2.75, 3.05) is 25.6 Å². The lowest BCUT2D eigenvalue weighted by molar-refractivity contribution is 0.0702. The molecule has 0 aliphatic rings. The summed E-state index contributed by atoms with van der Waals surface area (Å²) < 4.78 is 22.0. The highest BCUT2D eigenvalue weighted by Gasteiger charge is 2.10. The maximum atomic E-state index is 11.0. The molecule has 0 saturated heterocycles. The van der Waals surface area contributed by atoms with Crippen molar-refractivity contribution in [1.29, 1.82) is 0 Å². The normalized spacial score (nSPS) is 11.9. The second-order valence-corrected chi connectivity index (χ2v) is 7.37. The number of thiophene rings is 1. The zero-order chi connectivity index (χ0) is 13.1. The van der Waals surface area contributed by atoms with Gasteiger partial charge < -0.3 is 10.0 Å². The van der Waals surface area contributed by atoms with E-state index in [9.17, 15) is 13.2 Å². The first-order valence-electron chi connectivity index (χ1n) is 4.96. The third-order valence-corrected chi connectivity index (χ3v) is 4.12. The van der Waals surface area contributed by atoms with Crippen LogP contribution in [-0.4, -0.2) is 50.0 Å². The highest BCUT2D eigenvalue weighted by atomic mass is 32.2. The highest BCUT2D eigenvalue weighted by Crippen LogP contribution is 2.17. The molecule has 1 aromatic rings. The molecule has 96 valence electrons. The minimum atomic E-state index is -2.95. The van der Waals surface area contributed by atoms with Gasteiger partial charge in [0.25, 0.3) is 0 Å². The molecule has 7 heteroatoms. The van der Waals surface area contributed by atoms with Gasteiger partial charge in [0.2, 0.25) is 0 Å². The van der Waals surface area contributed by atoms with Crippen LogP contribution in [0, 0.1) is 0 Å². The molecule has 0 atom stereocenters. The van der Waals surface area contributed by atoms with Gasteiger partial charge in [-0.1, -0.05) is 0 Å². The monoisotopic (exact) mass is 277 g/mol. The summed E-state index contributed by atoms with van der Waals surface area (Å²) in [6, 6.07) is 3.32. The highest BCUT2D eigenvalue weighted by molar-refractivity contribution is 7.90. The second kappa shape index (κ2) is 5.61. The van der Waals surface area contributed by atoms with Gasteiger partial charge >= 0.3 is 5.97 Å². The summed E-state index contributed by atoms with van der Waals surface area (Å²) in [5.74, 6) is -0.819. The molecule has 1 aromatic heterocycles. The topological polar surface area (TPSA) is 74.7 Å². The number of hydrogen-bond acceptors (Lipinski definition) is 5. The van der Waals surface area contributed by atoms with E-state index in [1.54, 1.807) is 12.1 Å². The molecule has 0 amide bonds. The van der Waals surface area contributed by atoms with Crippen LogP contribution < -0.4 is 0 Å². The van der Waals surface area contributed by atoms with Crippen LogP contribution in [0.3, 0.4) is 0 Å². The number of carboxylic acids is 1. The van der Waals surface area contributed by atoms with Crippen LogP contribution in [-0.2, 0) is 16.4 Å². The molecule has 5 nitrogen and oxygen atoms in total. The van der Waals surface area contributed by atoms with Crippen molar-refractivity contribution in [2.45, 2.75) is 6.54 Å². The average molecular weight is 277 g/mol. The Morgan fingerprint density at radius 2 is 2.12 bits per heavy atom. The summed E-state index contributed by atoms with van der Waals surface area (Å²) in [4.78, 5) is 13.8. The Labute approximate surface area is 105 Å². The average Bonchev–Trinajstić information content (AvgIpc) is 2.62. The van der Waals surface area contributed by atoms with Crippen LogP contribution in [0.2, 0.25) is 0 Å². The van der Waals surface area contributed by atoms with Crippen molar-refractivity contribution in [3.8, 4) is 0 Å². The minimum absolute atomic E-state index is 0.112. The molecule has 0 aliphatic carbocycles. The lowest BCUT2D eigenvalue weighted by Crippen LogP contribution is -2.24. The van der Waals surface area contributed by atoms with E-state index in [1.165, 1.54) is 17.6 Å². The van der Waals surface area contributed by atoms with Crippen molar-refractivity contribution in [2.24, 2.45) is 0 Å². The van der Waals surface area contributed by atoms with E-state index in [4.69, 9.17) is 5.11 Å². The second-order valence-electron chi connectivity index (χ2n) is 3.94. The lowest BCUT2D eigenvalue weighted by Gasteiger charge is -2.14. The summed E-state index contributed by atoms with van der Waals surface area (Å²) >= 11 is 1.21. The van der Waals surface area contributed by atoms with Crippen LogP contribution in [0.15, 0.2) is 12.1 Å². The van der Waals surface area contributed by atoms with Gasteiger partial charge in [-0.2, -0.15) is 0 Å². The first kappa shape index (κ1) is 14.1. The Hall–Kier alpha value is -0.920. The van der Waals surface area contributed by atoms with E-state index in [-0.39, 0.29) is 5.75 Å². The minimum Gasteiger partial charge on any atom is -0.477 e. The summed E-state index contributed by atoms with van der Waals surface area (Å²) in [6.07, 6.45) is 1.20. The van der Waals surface area contributed by atoms with Crippen LogP contribution in [0.1, 0.15) is 14.5 Å². The van der Waals surface area contributed by atoms with Gasteiger partial charge in [-0.3, -0.25) is 0 Å². The fourth-order valence-electron chi connectivity index (χ4n) is 1.24. The van der Waals surface area contributed by atoms with E-state index in [2.05, 4.69) is 0 Å². The Kier molecular flexibility index (Phi) is 4.67. The molecule has 1 N–H and O–H groups in total. The van der Waals surface area contributed by atoms with Crippen molar-refractivity contribution in [1.82, 2.24) is 4.90 Å². The predicted octanol–water partition coefficient (Wildman–Crippen LogP) is 0.923. The van der Waals surface area contributed by atoms with Gasteiger partial charge in [-0.05, 0) is 19.2 Å². The maximum Gasteiger partial charge on any atom is 0.345 e. The number of nitrogens with zero attached hydrogens (tertiary/aromatic N) is 1. The SMILES string of the molecule is CN(CCS(C)(=O)=O)Cc1ccc(C(=O)O)s1. The summed E-state index contributed by atoms with van der Waals surface area (Å²) in [6.45, 7) is 1.01. The van der Waals surface area contributed by atoms with E-state index in [0.29, 0.717) is 18.0 Å². The van der Waals surface area contributed by atoms with Crippen LogP contribution in [0.4, 0.5) is 0 Å². The number of sulfone groups is 1. The lowest BCUT2D eigenvalue weighted by atomic mass is 10.4. The molecule has 0 aromatic carbocycles. The van der Waals surface area contributed by atoms with Gasteiger partial charge in [-0.15, -0.1) is 11.3 Å². The molecule has 1 heterocycles. The van der Waals surface area contributed by atoms with Crippen molar-refractivity contribution in [3.05, 3.63) is 21.9 Å². The Balaban J connectivity index is 2.50. The fraction of sp³-hybridized carbons (Fsp3) is 0.500. The van der Waals surface area contributed by atoms with Gasteiger partial charge in [0.1, 0.15) is 14.7 Å². The smallest absolute Gasteiger partial charge is 0.345 e. The van der Waals surface area contributed by atoms with E-state index in [1.807, 2.05) is 11.9 Å². The van der Waals surface area contributed by atoms with Crippen molar-refractivity contribution >= 4 is 27.1 Å². The van der Waals surface area contributed by atoms with Crippen LogP contribution >= 0.6 is 11.3 Å². The molecule has 0 unspecified atom stereocenters. The molecule has 0 radical (unpaired) electrons. The summed E-state index contributed by atoms with van der Waals surface area (Å²) in [5, 5.41) is 8.76.